The molecule has 1 unspecified atom stereocenters. The highest BCUT2D eigenvalue weighted by atomic mass is 15.0. The van der Waals surface area contributed by atoms with Crippen LogP contribution in [0.25, 0.3) is 22.3 Å². The number of rotatable bonds is 6. The van der Waals surface area contributed by atoms with Gasteiger partial charge >= 0.3 is 0 Å². The van der Waals surface area contributed by atoms with E-state index in [1.54, 1.807) is 0 Å². The van der Waals surface area contributed by atoms with Crippen LogP contribution in [0.3, 0.4) is 0 Å². The minimum absolute atomic E-state index is 0.0878. The maximum absolute atomic E-state index is 2.59. The summed E-state index contributed by atoms with van der Waals surface area (Å²) in [5.74, 6) is 0.756. The third-order valence-corrected chi connectivity index (χ3v) is 11.0. The third kappa shape index (κ3) is 5.46. The lowest BCUT2D eigenvalue weighted by Crippen LogP contribution is -2.25. The van der Waals surface area contributed by atoms with E-state index in [2.05, 4.69) is 191 Å². The highest BCUT2D eigenvalue weighted by molar-refractivity contribution is 6.08. The lowest BCUT2D eigenvalue weighted by atomic mass is 9.79. The second-order valence-electron chi connectivity index (χ2n) is 14.8. The molecule has 3 aliphatic carbocycles. The zero-order valence-electron chi connectivity index (χ0n) is 29.9. The molecule has 50 heavy (non-hydrogen) atoms. The van der Waals surface area contributed by atoms with E-state index >= 15 is 0 Å². The minimum Gasteiger partial charge on any atom is -0.157 e. The first-order valence-corrected chi connectivity index (χ1v) is 18.2. The van der Waals surface area contributed by atoms with Crippen molar-refractivity contribution in [2.24, 2.45) is 5.92 Å². The molecule has 3 aliphatic rings. The van der Waals surface area contributed by atoms with Gasteiger partial charge in [-0.05, 0) is 93.1 Å². The van der Waals surface area contributed by atoms with Crippen LogP contribution in [-0.4, -0.2) is 10.3 Å². The Morgan fingerprint density at radius 3 is 2.14 bits per heavy atom. The summed E-state index contributed by atoms with van der Waals surface area (Å²) in [4.78, 5) is 0. The first-order chi connectivity index (χ1) is 24.3. The van der Waals surface area contributed by atoms with Crippen LogP contribution in [0.2, 0.25) is 0 Å². The summed E-state index contributed by atoms with van der Waals surface area (Å²) in [6.07, 6.45) is 13.7. The monoisotopic (exact) mass is 648 g/mol. The average molecular weight is 649 g/mol. The van der Waals surface area contributed by atoms with E-state index in [1.165, 1.54) is 78.3 Å². The molecule has 0 fully saturated rings. The quantitative estimate of drug-likeness (QED) is 0.127. The standard InChI is InChI=1S/C49H46N/c1-6-34(25-24-33(2)3)45-31-37(26-28-40(45)35-16-8-7-9-17-35)50(48-30-36-18-10-11-19-39(36)41-20-12-13-22-44(41)48)38-27-29-43-42-21-14-15-23-46(42)49(4,5)47(43)32-38/h6-27,29,31-33,40H,28,30H2,1-5H3/q+1/b25-24-,34-6+,50-48?. The number of hydrogen-bond acceptors (Lipinski definition) is 0. The van der Waals surface area contributed by atoms with Gasteiger partial charge in [0.25, 0.3) is 0 Å². The predicted molar refractivity (Wildman–Crippen MR) is 211 cm³/mol. The fourth-order valence-corrected chi connectivity index (χ4v) is 8.46. The molecule has 0 spiro atoms. The van der Waals surface area contributed by atoms with Gasteiger partial charge in [-0.25, -0.2) is 0 Å². The largest absolute Gasteiger partial charge is 0.211 e. The molecule has 5 aromatic rings. The van der Waals surface area contributed by atoms with Crippen molar-refractivity contribution in [1.29, 1.82) is 0 Å². The second kappa shape index (κ2) is 12.9. The Morgan fingerprint density at radius 1 is 0.720 bits per heavy atom. The maximum atomic E-state index is 2.59. The van der Waals surface area contributed by atoms with Gasteiger partial charge in [-0.15, -0.1) is 0 Å². The summed E-state index contributed by atoms with van der Waals surface area (Å²) in [6.45, 7) is 11.5. The molecule has 1 nitrogen and oxygen atoms in total. The fourth-order valence-electron chi connectivity index (χ4n) is 8.46. The Kier molecular flexibility index (Phi) is 8.24. The van der Waals surface area contributed by atoms with Crippen LogP contribution in [0, 0.1) is 5.92 Å². The molecule has 5 aromatic carbocycles. The van der Waals surface area contributed by atoms with E-state index in [9.17, 15) is 0 Å². The molecule has 0 aromatic heterocycles. The van der Waals surface area contributed by atoms with Crippen LogP contribution in [0.4, 0.5) is 5.69 Å². The molecular weight excluding hydrogens is 603 g/mol. The molecule has 8 rings (SSSR count). The lowest BCUT2D eigenvalue weighted by Gasteiger charge is -2.26. The van der Waals surface area contributed by atoms with Gasteiger partial charge in [0.05, 0.1) is 12.0 Å². The molecule has 0 heterocycles. The molecule has 0 radical (unpaired) electrons. The lowest BCUT2D eigenvalue weighted by molar-refractivity contribution is -0.379. The van der Waals surface area contributed by atoms with Gasteiger partial charge in [0.1, 0.15) is 0 Å². The fraction of sp³-hybridized carbons (Fsp3) is 0.204. The van der Waals surface area contributed by atoms with Gasteiger partial charge in [0.2, 0.25) is 11.4 Å². The number of nitrogens with zero attached hydrogens (tertiary/aromatic N) is 1. The Morgan fingerprint density at radius 2 is 1.38 bits per heavy atom. The molecule has 0 amide bonds. The van der Waals surface area contributed by atoms with Crippen molar-refractivity contribution < 1.29 is 4.58 Å². The predicted octanol–water partition coefficient (Wildman–Crippen LogP) is 12.5. The third-order valence-electron chi connectivity index (χ3n) is 11.0. The van der Waals surface area contributed by atoms with Crippen molar-refractivity contribution >= 4 is 11.4 Å². The highest BCUT2D eigenvalue weighted by Crippen LogP contribution is 2.50. The second-order valence-corrected chi connectivity index (χ2v) is 14.8. The van der Waals surface area contributed by atoms with Crippen molar-refractivity contribution in [3.63, 3.8) is 0 Å². The van der Waals surface area contributed by atoms with Crippen LogP contribution in [0.5, 0.6) is 0 Å². The highest BCUT2D eigenvalue weighted by Gasteiger charge is 2.38. The first-order valence-electron chi connectivity index (χ1n) is 18.2. The van der Waals surface area contributed by atoms with Gasteiger partial charge in [-0.3, -0.25) is 0 Å². The molecule has 0 saturated carbocycles. The topological polar surface area (TPSA) is 3.01 Å². The van der Waals surface area contributed by atoms with Gasteiger partial charge in [-0.2, -0.15) is 4.58 Å². The number of benzene rings is 5. The average Bonchev–Trinajstić information content (AvgIpc) is 3.38. The first kappa shape index (κ1) is 32.0. The van der Waals surface area contributed by atoms with E-state index in [-0.39, 0.29) is 11.3 Å². The summed E-state index contributed by atoms with van der Waals surface area (Å²) in [5.41, 5.74) is 18.5. The summed E-state index contributed by atoms with van der Waals surface area (Å²) >= 11 is 0. The molecule has 0 bridgehead atoms. The molecular formula is C49H46N+. The minimum atomic E-state index is -0.0878. The normalized spacial score (nSPS) is 18.6. The molecule has 0 aliphatic heterocycles. The van der Waals surface area contributed by atoms with Crippen molar-refractivity contribution in [2.45, 2.75) is 58.8 Å². The van der Waals surface area contributed by atoms with Crippen molar-refractivity contribution in [3.05, 3.63) is 196 Å². The Balaban J connectivity index is 1.38. The SMILES string of the molecule is C/C=C(\C=C/C(C)C)C1=CC([N+](=C2Cc3ccccc3-c3ccccc32)c2ccc3c(c2)C(C)(C)c2ccccc2-3)=CCC1c1ccccc1. The number of hydrogen-bond donors (Lipinski definition) is 0. The zero-order chi connectivity index (χ0) is 34.4. The van der Waals surface area contributed by atoms with E-state index in [4.69, 9.17) is 0 Å². The smallest absolute Gasteiger partial charge is 0.157 e. The van der Waals surface area contributed by atoms with Crippen molar-refractivity contribution in [2.75, 3.05) is 0 Å². The van der Waals surface area contributed by atoms with Crippen molar-refractivity contribution in [1.82, 2.24) is 0 Å². The number of allylic oxidation sites excluding steroid dienone is 7. The van der Waals surface area contributed by atoms with E-state index in [0.29, 0.717) is 5.92 Å². The Labute approximate surface area is 298 Å². The van der Waals surface area contributed by atoms with E-state index in [1.807, 2.05) is 0 Å². The summed E-state index contributed by atoms with van der Waals surface area (Å²) < 4.78 is 2.59. The van der Waals surface area contributed by atoms with Crippen LogP contribution >= 0.6 is 0 Å². The van der Waals surface area contributed by atoms with Crippen LogP contribution in [0.1, 0.15) is 74.8 Å². The van der Waals surface area contributed by atoms with Crippen molar-refractivity contribution in [3.8, 4) is 22.3 Å². The van der Waals surface area contributed by atoms with Crippen LogP contribution < -0.4 is 0 Å². The molecule has 246 valence electrons. The zero-order valence-corrected chi connectivity index (χ0v) is 29.9. The van der Waals surface area contributed by atoms with Gasteiger partial charge in [-0.1, -0.05) is 143 Å². The molecule has 0 saturated heterocycles. The summed E-state index contributed by atoms with van der Waals surface area (Å²) in [5, 5.41) is 0. The van der Waals surface area contributed by atoms with Gasteiger partial charge in [0, 0.05) is 29.5 Å². The number of fused-ring (bicyclic) bond motifs is 6. The maximum Gasteiger partial charge on any atom is 0.211 e. The van der Waals surface area contributed by atoms with Crippen LogP contribution in [-0.2, 0) is 11.8 Å². The summed E-state index contributed by atoms with van der Waals surface area (Å²) in [6, 6.07) is 45.2. The van der Waals surface area contributed by atoms with Crippen LogP contribution in [0.15, 0.2) is 169 Å². The Hall–Kier alpha value is -5.27. The van der Waals surface area contributed by atoms with E-state index < -0.39 is 0 Å². The van der Waals surface area contributed by atoms with Gasteiger partial charge < -0.3 is 0 Å². The van der Waals surface area contributed by atoms with E-state index in [0.717, 1.165) is 12.8 Å². The Bertz CT molecular complexity index is 2270. The molecule has 1 atom stereocenters. The van der Waals surface area contributed by atoms with Gasteiger partial charge in [0.15, 0.2) is 5.71 Å². The molecule has 0 N–H and O–H groups in total. The molecule has 1 heteroatoms. The summed E-state index contributed by atoms with van der Waals surface area (Å²) in [7, 11) is 0.